The van der Waals surface area contributed by atoms with Gasteiger partial charge in [-0.2, -0.15) is 0 Å². The molecule has 0 unspecified atom stereocenters. The first-order valence-corrected chi connectivity index (χ1v) is 9.39. The number of urea groups is 1. The zero-order valence-corrected chi connectivity index (χ0v) is 16.4. The largest absolute Gasteiger partial charge is 0.494 e. The van der Waals surface area contributed by atoms with Crippen LogP contribution >= 0.6 is 0 Å². The number of rotatable bonds is 7. The first-order valence-electron chi connectivity index (χ1n) is 9.39. The quantitative estimate of drug-likeness (QED) is 0.513. The molecule has 0 aliphatic carbocycles. The molecule has 154 valence electrons. The van der Waals surface area contributed by atoms with Gasteiger partial charge >= 0.3 is 6.03 Å². The fourth-order valence-electron chi connectivity index (χ4n) is 2.84. The molecule has 0 fully saturated rings. The molecule has 0 spiro atoms. The van der Waals surface area contributed by atoms with Gasteiger partial charge in [-0.25, -0.2) is 9.18 Å². The number of aryl methyl sites for hydroxylation is 1. The summed E-state index contributed by atoms with van der Waals surface area (Å²) in [4.78, 5) is 24.3. The zero-order chi connectivity index (χ0) is 21.3. The number of ether oxygens (including phenoxy) is 1. The van der Waals surface area contributed by atoms with E-state index in [1.165, 1.54) is 19.2 Å². The summed E-state index contributed by atoms with van der Waals surface area (Å²) < 4.78 is 18.6. The summed E-state index contributed by atoms with van der Waals surface area (Å²) in [6.07, 6.45) is 0.585. The Morgan fingerprint density at radius 3 is 2.20 bits per heavy atom. The number of anilines is 3. The van der Waals surface area contributed by atoms with Crippen molar-refractivity contribution in [2.45, 2.75) is 12.8 Å². The molecule has 3 aromatic carbocycles. The smallest absolute Gasteiger partial charge is 0.323 e. The van der Waals surface area contributed by atoms with Crippen molar-refractivity contribution in [1.82, 2.24) is 0 Å². The highest BCUT2D eigenvalue weighted by Crippen LogP contribution is 2.19. The van der Waals surface area contributed by atoms with Gasteiger partial charge < -0.3 is 20.7 Å². The summed E-state index contributed by atoms with van der Waals surface area (Å²) in [7, 11) is 1.40. The molecule has 0 atom stereocenters. The van der Waals surface area contributed by atoms with Crippen LogP contribution < -0.4 is 20.7 Å². The van der Waals surface area contributed by atoms with Crippen molar-refractivity contribution in [2.24, 2.45) is 0 Å². The molecule has 7 heteroatoms. The first kappa shape index (κ1) is 20.9. The maximum absolute atomic E-state index is 13.7. The second kappa shape index (κ2) is 10.1. The molecule has 3 N–H and O–H groups in total. The second-order valence-electron chi connectivity index (χ2n) is 6.54. The molecule has 0 saturated carbocycles. The normalized spacial score (nSPS) is 10.2. The standard InChI is InChI=1S/C23H22FN3O3/c1-30-21-12-10-16(14-20(21)24)11-13-22(28)25-18-8-5-9-19(15-18)27-23(29)26-17-6-3-2-4-7-17/h2-10,12,14-15H,11,13H2,1H3,(H,25,28)(H2,26,27,29). The van der Waals surface area contributed by atoms with Crippen LogP contribution in [-0.4, -0.2) is 19.0 Å². The Bertz CT molecular complexity index is 1030. The number of amides is 3. The van der Waals surface area contributed by atoms with Gasteiger partial charge in [0.25, 0.3) is 0 Å². The Balaban J connectivity index is 1.52. The molecule has 0 radical (unpaired) electrons. The minimum absolute atomic E-state index is 0.170. The van der Waals surface area contributed by atoms with E-state index in [1.807, 2.05) is 18.2 Å². The lowest BCUT2D eigenvalue weighted by Crippen LogP contribution is -2.19. The minimum atomic E-state index is -0.456. The Kier molecular flexibility index (Phi) is 7.00. The molecule has 0 heterocycles. The Hall–Kier alpha value is -3.87. The maximum Gasteiger partial charge on any atom is 0.323 e. The summed E-state index contributed by atoms with van der Waals surface area (Å²) in [5.41, 5.74) is 2.47. The van der Waals surface area contributed by atoms with Crippen molar-refractivity contribution in [3.05, 3.63) is 84.2 Å². The van der Waals surface area contributed by atoms with Crippen LogP contribution in [0.1, 0.15) is 12.0 Å². The van der Waals surface area contributed by atoms with Gasteiger partial charge in [0, 0.05) is 23.5 Å². The van der Waals surface area contributed by atoms with Crippen LogP contribution in [0.3, 0.4) is 0 Å². The van der Waals surface area contributed by atoms with E-state index >= 15 is 0 Å². The molecular weight excluding hydrogens is 385 g/mol. The molecule has 0 bridgehead atoms. The number of nitrogens with one attached hydrogen (secondary N) is 3. The third-order valence-electron chi connectivity index (χ3n) is 4.29. The number of benzene rings is 3. The van der Waals surface area contributed by atoms with Crippen molar-refractivity contribution in [3.63, 3.8) is 0 Å². The number of methoxy groups -OCH3 is 1. The van der Waals surface area contributed by atoms with Crippen molar-refractivity contribution < 1.29 is 18.7 Å². The van der Waals surface area contributed by atoms with Gasteiger partial charge in [0.05, 0.1) is 7.11 Å². The van der Waals surface area contributed by atoms with E-state index in [0.717, 1.165) is 0 Å². The van der Waals surface area contributed by atoms with Gasteiger partial charge in [0.1, 0.15) is 0 Å². The lowest BCUT2D eigenvalue weighted by molar-refractivity contribution is -0.116. The lowest BCUT2D eigenvalue weighted by atomic mass is 10.1. The summed E-state index contributed by atoms with van der Waals surface area (Å²) >= 11 is 0. The highest BCUT2D eigenvalue weighted by molar-refractivity contribution is 6.00. The molecule has 0 aliphatic heterocycles. The maximum atomic E-state index is 13.7. The summed E-state index contributed by atoms with van der Waals surface area (Å²) in [6, 6.07) is 20.2. The van der Waals surface area contributed by atoms with E-state index in [1.54, 1.807) is 42.5 Å². The fraction of sp³-hybridized carbons (Fsp3) is 0.130. The minimum Gasteiger partial charge on any atom is -0.494 e. The fourth-order valence-corrected chi connectivity index (χ4v) is 2.84. The van der Waals surface area contributed by atoms with Gasteiger partial charge in [-0.15, -0.1) is 0 Å². The van der Waals surface area contributed by atoms with E-state index in [-0.39, 0.29) is 24.1 Å². The predicted molar refractivity (Wildman–Crippen MR) is 115 cm³/mol. The Labute approximate surface area is 174 Å². The molecule has 3 aromatic rings. The highest BCUT2D eigenvalue weighted by Gasteiger charge is 2.08. The summed E-state index contributed by atoms with van der Waals surface area (Å²) in [5.74, 6) is -0.496. The molecular formula is C23H22FN3O3. The number of carbonyl (C=O) groups excluding carboxylic acids is 2. The molecule has 3 rings (SSSR count). The van der Waals surface area contributed by atoms with Crippen molar-refractivity contribution >= 4 is 29.0 Å². The average Bonchev–Trinajstić information content (AvgIpc) is 2.73. The van der Waals surface area contributed by atoms with Crippen molar-refractivity contribution in [3.8, 4) is 5.75 Å². The third kappa shape index (κ3) is 6.07. The van der Waals surface area contributed by atoms with Gasteiger partial charge in [0.2, 0.25) is 5.91 Å². The molecule has 30 heavy (non-hydrogen) atoms. The van der Waals surface area contributed by atoms with Gasteiger partial charge in [-0.1, -0.05) is 30.3 Å². The second-order valence-corrected chi connectivity index (χ2v) is 6.54. The lowest BCUT2D eigenvalue weighted by Gasteiger charge is -2.10. The van der Waals surface area contributed by atoms with E-state index in [2.05, 4.69) is 16.0 Å². The van der Waals surface area contributed by atoms with Crippen LogP contribution in [0.2, 0.25) is 0 Å². The Morgan fingerprint density at radius 2 is 1.50 bits per heavy atom. The van der Waals surface area contributed by atoms with Gasteiger partial charge in [-0.3, -0.25) is 4.79 Å². The van der Waals surface area contributed by atoms with Gasteiger partial charge in [0.15, 0.2) is 11.6 Å². The third-order valence-corrected chi connectivity index (χ3v) is 4.29. The van der Waals surface area contributed by atoms with E-state index in [0.29, 0.717) is 29.0 Å². The monoisotopic (exact) mass is 407 g/mol. The molecule has 0 aromatic heterocycles. The zero-order valence-electron chi connectivity index (χ0n) is 16.4. The first-order chi connectivity index (χ1) is 14.5. The number of para-hydroxylation sites is 1. The number of halogens is 1. The van der Waals surface area contributed by atoms with Crippen LogP contribution in [0, 0.1) is 5.82 Å². The van der Waals surface area contributed by atoms with Crippen LogP contribution in [0.5, 0.6) is 5.75 Å². The van der Waals surface area contributed by atoms with Gasteiger partial charge in [-0.05, 0) is 54.4 Å². The van der Waals surface area contributed by atoms with E-state index in [9.17, 15) is 14.0 Å². The van der Waals surface area contributed by atoms with Crippen LogP contribution in [0.4, 0.5) is 26.2 Å². The van der Waals surface area contributed by atoms with Crippen molar-refractivity contribution in [1.29, 1.82) is 0 Å². The summed E-state index contributed by atoms with van der Waals surface area (Å²) in [6.45, 7) is 0. The van der Waals surface area contributed by atoms with E-state index < -0.39 is 5.82 Å². The predicted octanol–water partition coefficient (Wildman–Crippen LogP) is 5.05. The van der Waals surface area contributed by atoms with E-state index in [4.69, 9.17) is 4.74 Å². The highest BCUT2D eigenvalue weighted by atomic mass is 19.1. The molecule has 3 amide bonds. The molecule has 0 saturated heterocycles. The number of hydrogen-bond donors (Lipinski definition) is 3. The molecule has 6 nitrogen and oxygen atoms in total. The van der Waals surface area contributed by atoms with Crippen LogP contribution in [0.25, 0.3) is 0 Å². The number of carbonyl (C=O) groups is 2. The average molecular weight is 407 g/mol. The SMILES string of the molecule is COc1ccc(CCC(=O)Nc2cccc(NC(=O)Nc3ccccc3)c2)cc1F. The van der Waals surface area contributed by atoms with Crippen LogP contribution in [-0.2, 0) is 11.2 Å². The summed E-state index contributed by atoms with van der Waals surface area (Å²) in [5, 5.41) is 8.23. The van der Waals surface area contributed by atoms with Crippen molar-refractivity contribution in [2.75, 3.05) is 23.1 Å². The Morgan fingerprint density at radius 1 is 0.833 bits per heavy atom. The topological polar surface area (TPSA) is 79.5 Å². The number of hydrogen-bond acceptors (Lipinski definition) is 3. The molecule has 0 aliphatic rings. The van der Waals surface area contributed by atoms with Crippen LogP contribution in [0.15, 0.2) is 72.8 Å².